The summed E-state index contributed by atoms with van der Waals surface area (Å²) >= 11 is 0. The largest absolute Gasteiger partial charge is 0.493 e. The molecule has 3 N–H and O–H groups in total. The van der Waals surface area contributed by atoms with Gasteiger partial charge in [-0.3, -0.25) is 19.9 Å². The number of sulfone groups is 1. The summed E-state index contributed by atoms with van der Waals surface area (Å²) < 4.78 is 29.8. The van der Waals surface area contributed by atoms with Crippen LogP contribution in [0, 0.1) is 5.41 Å². The molecule has 2 aliphatic rings. The first-order valence-electron chi connectivity index (χ1n) is 13.0. The Morgan fingerprint density at radius 3 is 2.63 bits per heavy atom. The fourth-order valence-corrected chi connectivity index (χ4v) is 5.90. The van der Waals surface area contributed by atoms with Gasteiger partial charge in [0.05, 0.1) is 30.9 Å². The van der Waals surface area contributed by atoms with Crippen LogP contribution in [0.4, 0.5) is 0 Å². The van der Waals surface area contributed by atoms with Crippen molar-refractivity contribution in [2.45, 2.75) is 63.6 Å². The Morgan fingerprint density at radius 2 is 1.95 bits per heavy atom. The SMILES string of the molecule is CCC1(CC)CC(=O)N(C(CCS(C)(=O)=O)c2cccc(C(=O)N[C@H]3CCOc4ccccc43)c2)C(=N)N1. The quantitative estimate of drug-likeness (QED) is 0.445. The van der Waals surface area contributed by atoms with Gasteiger partial charge in [0.25, 0.3) is 5.91 Å². The molecule has 0 aromatic heterocycles. The van der Waals surface area contributed by atoms with Crippen LogP contribution in [-0.2, 0) is 14.6 Å². The third-order valence-electron chi connectivity index (χ3n) is 7.61. The highest BCUT2D eigenvalue weighted by Gasteiger charge is 2.42. The number of carbonyl (C=O) groups excluding carboxylic acids is 2. The van der Waals surface area contributed by atoms with Gasteiger partial charge in [-0.15, -0.1) is 0 Å². The molecule has 0 radical (unpaired) electrons. The maximum Gasteiger partial charge on any atom is 0.251 e. The minimum atomic E-state index is -3.33. The van der Waals surface area contributed by atoms with Crippen molar-refractivity contribution in [2.24, 2.45) is 0 Å². The van der Waals surface area contributed by atoms with E-state index in [9.17, 15) is 18.0 Å². The summed E-state index contributed by atoms with van der Waals surface area (Å²) in [6.45, 7) is 4.46. The zero-order valence-corrected chi connectivity index (χ0v) is 22.9. The Balaban J connectivity index is 1.61. The first kappa shape index (κ1) is 27.6. The van der Waals surface area contributed by atoms with E-state index in [1.165, 1.54) is 4.90 Å². The molecule has 1 unspecified atom stereocenters. The van der Waals surface area contributed by atoms with Gasteiger partial charge in [-0.25, -0.2) is 8.42 Å². The van der Waals surface area contributed by atoms with E-state index in [1.807, 2.05) is 38.1 Å². The van der Waals surface area contributed by atoms with Crippen LogP contribution in [-0.4, -0.2) is 55.2 Å². The van der Waals surface area contributed by atoms with Crippen molar-refractivity contribution in [1.29, 1.82) is 5.41 Å². The highest BCUT2D eigenvalue weighted by Crippen LogP contribution is 2.34. The smallest absolute Gasteiger partial charge is 0.251 e. The molecule has 0 spiro atoms. The normalized spacial score (nSPS) is 19.7. The number of rotatable bonds is 9. The fraction of sp³-hybridized carbons (Fsp3) is 0.464. The van der Waals surface area contributed by atoms with E-state index in [4.69, 9.17) is 10.1 Å². The number of fused-ring (bicyclic) bond motifs is 1. The number of amides is 2. The summed E-state index contributed by atoms with van der Waals surface area (Å²) in [6.07, 6.45) is 3.48. The van der Waals surface area contributed by atoms with Crippen LogP contribution in [0.2, 0.25) is 0 Å². The van der Waals surface area contributed by atoms with Crippen molar-refractivity contribution in [3.63, 3.8) is 0 Å². The molecule has 1 saturated heterocycles. The van der Waals surface area contributed by atoms with Crippen molar-refractivity contribution in [2.75, 3.05) is 18.6 Å². The molecule has 2 aromatic carbocycles. The van der Waals surface area contributed by atoms with Crippen LogP contribution in [0.15, 0.2) is 48.5 Å². The van der Waals surface area contributed by atoms with Crippen molar-refractivity contribution in [3.05, 3.63) is 65.2 Å². The Morgan fingerprint density at radius 1 is 1.21 bits per heavy atom. The van der Waals surface area contributed by atoms with E-state index in [2.05, 4.69) is 10.6 Å². The van der Waals surface area contributed by atoms with E-state index in [0.717, 1.165) is 17.6 Å². The Hall–Kier alpha value is -3.40. The van der Waals surface area contributed by atoms with Crippen LogP contribution in [0.3, 0.4) is 0 Å². The minimum Gasteiger partial charge on any atom is -0.493 e. The fourth-order valence-electron chi connectivity index (χ4n) is 5.25. The van der Waals surface area contributed by atoms with Crippen LogP contribution in [0.5, 0.6) is 5.75 Å². The number of hydrogen-bond acceptors (Lipinski definition) is 6. The van der Waals surface area contributed by atoms with E-state index in [-0.39, 0.29) is 42.4 Å². The van der Waals surface area contributed by atoms with Gasteiger partial charge in [0, 0.05) is 29.3 Å². The van der Waals surface area contributed by atoms with Gasteiger partial charge >= 0.3 is 0 Å². The third-order valence-corrected chi connectivity index (χ3v) is 8.58. The number of para-hydroxylation sites is 1. The van der Waals surface area contributed by atoms with E-state index < -0.39 is 21.4 Å². The molecule has 10 heteroatoms. The highest BCUT2D eigenvalue weighted by atomic mass is 32.2. The molecule has 204 valence electrons. The first-order chi connectivity index (χ1) is 18.1. The Labute approximate surface area is 224 Å². The molecule has 0 aliphatic carbocycles. The molecule has 2 aliphatic heterocycles. The average Bonchev–Trinajstić information content (AvgIpc) is 2.89. The lowest BCUT2D eigenvalue weighted by atomic mass is 9.86. The van der Waals surface area contributed by atoms with Crippen molar-refractivity contribution in [3.8, 4) is 5.75 Å². The third kappa shape index (κ3) is 6.01. The second-order valence-corrected chi connectivity index (χ2v) is 12.4. The Kier molecular flexibility index (Phi) is 8.10. The minimum absolute atomic E-state index is 0.0443. The van der Waals surface area contributed by atoms with E-state index in [0.29, 0.717) is 37.0 Å². The topological polar surface area (TPSA) is 129 Å². The van der Waals surface area contributed by atoms with Gasteiger partial charge in [0.2, 0.25) is 5.91 Å². The molecular weight excluding hydrogens is 504 g/mol. The van der Waals surface area contributed by atoms with E-state index >= 15 is 0 Å². The molecule has 38 heavy (non-hydrogen) atoms. The summed E-state index contributed by atoms with van der Waals surface area (Å²) in [5.74, 6) is 0.0475. The van der Waals surface area contributed by atoms with Gasteiger partial charge < -0.3 is 15.4 Å². The molecular formula is C28H36N4O5S. The zero-order chi connectivity index (χ0) is 27.5. The summed E-state index contributed by atoms with van der Waals surface area (Å²) in [7, 11) is -3.33. The summed E-state index contributed by atoms with van der Waals surface area (Å²) in [6, 6.07) is 13.6. The number of nitrogens with one attached hydrogen (secondary N) is 3. The molecule has 4 rings (SSSR count). The van der Waals surface area contributed by atoms with Crippen molar-refractivity contribution < 1.29 is 22.7 Å². The second kappa shape index (κ2) is 11.1. The number of guanidine groups is 1. The number of carbonyl (C=O) groups is 2. The maximum atomic E-state index is 13.4. The Bertz CT molecular complexity index is 1300. The van der Waals surface area contributed by atoms with Crippen molar-refractivity contribution in [1.82, 2.24) is 15.5 Å². The van der Waals surface area contributed by atoms with E-state index in [1.54, 1.807) is 24.3 Å². The maximum absolute atomic E-state index is 13.4. The first-order valence-corrected chi connectivity index (χ1v) is 15.1. The van der Waals surface area contributed by atoms with Gasteiger partial charge in [-0.05, 0) is 43.0 Å². The molecule has 9 nitrogen and oxygen atoms in total. The number of benzene rings is 2. The monoisotopic (exact) mass is 540 g/mol. The van der Waals surface area contributed by atoms with Crippen LogP contribution >= 0.6 is 0 Å². The standard InChI is InChI=1S/C28H36N4O5S/c1-4-28(5-2)18-25(33)32(27(29)31-28)23(14-16-38(3,35)36)19-9-8-10-20(17-19)26(34)30-22-13-15-37-24-12-7-6-11-21(22)24/h6-12,17,22-23H,4-5,13-16,18H2,1-3H3,(H2,29,31)(H,30,34)/t22-,23?/m0/s1. The van der Waals surface area contributed by atoms with Crippen LogP contribution in [0.1, 0.15) is 79.5 Å². The van der Waals surface area contributed by atoms with Crippen molar-refractivity contribution >= 4 is 27.6 Å². The molecule has 2 amide bonds. The van der Waals surface area contributed by atoms with Gasteiger partial charge in [0.1, 0.15) is 15.6 Å². The van der Waals surface area contributed by atoms with Gasteiger partial charge in [-0.1, -0.05) is 44.2 Å². The number of ether oxygens (including phenoxy) is 1. The zero-order valence-electron chi connectivity index (χ0n) is 22.1. The lowest BCUT2D eigenvalue weighted by Crippen LogP contribution is -2.62. The van der Waals surface area contributed by atoms with Crippen LogP contribution < -0.4 is 15.4 Å². The lowest BCUT2D eigenvalue weighted by molar-refractivity contribution is -0.132. The molecule has 2 heterocycles. The summed E-state index contributed by atoms with van der Waals surface area (Å²) in [5, 5.41) is 15.0. The number of hydrogen-bond donors (Lipinski definition) is 3. The molecule has 0 bridgehead atoms. The average molecular weight is 541 g/mol. The predicted octanol–water partition coefficient (Wildman–Crippen LogP) is 3.73. The molecule has 0 saturated carbocycles. The lowest BCUT2D eigenvalue weighted by Gasteiger charge is -2.45. The summed E-state index contributed by atoms with van der Waals surface area (Å²) in [5.41, 5.74) is 1.43. The molecule has 2 atom stereocenters. The van der Waals surface area contributed by atoms with Crippen LogP contribution in [0.25, 0.3) is 0 Å². The molecule has 2 aromatic rings. The van der Waals surface area contributed by atoms with Gasteiger partial charge in [-0.2, -0.15) is 0 Å². The predicted molar refractivity (Wildman–Crippen MR) is 146 cm³/mol. The summed E-state index contributed by atoms with van der Waals surface area (Å²) in [4.78, 5) is 28.0. The molecule has 1 fully saturated rings. The second-order valence-electron chi connectivity index (χ2n) is 10.2. The highest BCUT2D eigenvalue weighted by molar-refractivity contribution is 7.90. The van der Waals surface area contributed by atoms with Gasteiger partial charge in [0.15, 0.2) is 5.96 Å². The number of nitrogens with zero attached hydrogens (tertiary/aromatic N) is 1.